The van der Waals surface area contributed by atoms with Crippen LogP contribution in [0.1, 0.15) is 213 Å². The Hall–Kier alpha value is -0.570. The number of hydrogen-bond acceptors (Lipinski definition) is 3. The molecule has 39 heavy (non-hydrogen) atoms. The van der Waals surface area contributed by atoms with Crippen LogP contribution in [0.2, 0.25) is 0 Å². The molecule has 3 nitrogen and oxygen atoms in total. The quantitative estimate of drug-likeness (QED) is 0.0461. The summed E-state index contributed by atoms with van der Waals surface area (Å²) < 4.78 is 0. The van der Waals surface area contributed by atoms with E-state index >= 15 is 0 Å². The molecule has 0 aromatic rings. The van der Waals surface area contributed by atoms with Gasteiger partial charge in [-0.25, -0.2) is 4.79 Å². The second kappa shape index (κ2) is 33.6. The fourth-order valence-electron chi connectivity index (χ4n) is 5.45. The number of unbranched alkanes of at least 4 members (excludes halogenated alkanes) is 26. The fraction of sp³-hybridized carbons (Fsp3) is 0.972. The van der Waals surface area contributed by atoms with Gasteiger partial charge in [0.25, 0.3) is 0 Å². The van der Waals surface area contributed by atoms with Crippen LogP contribution in [0.3, 0.4) is 0 Å². The molecule has 0 spiro atoms. The van der Waals surface area contributed by atoms with Gasteiger partial charge in [-0.2, -0.15) is 4.89 Å². The summed E-state index contributed by atoms with van der Waals surface area (Å²) in [5.74, 6) is 0.675. The molecular weight excluding hydrogens is 480 g/mol. The van der Waals surface area contributed by atoms with E-state index in [1.54, 1.807) is 0 Å². The van der Waals surface area contributed by atoms with Crippen LogP contribution in [0.15, 0.2) is 0 Å². The van der Waals surface area contributed by atoms with Gasteiger partial charge in [-0.15, -0.1) is 0 Å². The molecule has 0 fully saturated rings. The largest absolute Gasteiger partial charge is 0.342 e. The van der Waals surface area contributed by atoms with Crippen molar-refractivity contribution in [3.05, 3.63) is 0 Å². The molecular formula is C36H72O3. The van der Waals surface area contributed by atoms with E-state index < -0.39 is 0 Å². The van der Waals surface area contributed by atoms with Crippen LogP contribution in [-0.4, -0.2) is 12.6 Å². The van der Waals surface area contributed by atoms with E-state index in [9.17, 15) is 4.79 Å². The van der Waals surface area contributed by atoms with Crippen LogP contribution >= 0.6 is 0 Å². The molecule has 0 unspecified atom stereocenters. The lowest BCUT2D eigenvalue weighted by Crippen LogP contribution is -2.06. The summed E-state index contributed by atoms with van der Waals surface area (Å²) in [6, 6.07) is 0. The molecule has 0 radical (unpaired) electrons. The van der Waals surface area contributed by atoms with Crippen molar-refractivity contribution in [2.75, 3.05) is 6.61 Å². The van der Waals surface area contributed by atoms with Crippen LogP contribution in [0.25, 0.3) is 0 Å². The van der Waals surface area contributed by atoms with Crippen molar-refractivity contribution in [3.8, 4) is 0 Å². The highest BCUT2D eigenvalue weighted by molar-refractivity contribution is 5.68. The molecule has 0 aliphatic heterocycles. The van der Waals surface area contributed by atoms with Gasteiger partial charge in [0.15, 0.2) is 0 Å². The fourth-order valence-corrected chi connectivity index (χ4v) is 5.45. The van der Waals surface area contributed by atoms with E-state index in [0.29, 0.717) is 13.0 Å². The summed E-state index contributed by atoms with van der Waals surface area (Å²) in [6.07, 6.45) is 39.5. The minimum atomic E-state index is -0.194. The Morgan fingerprint density at radius 3 is 1.18 bits per heavy atom. The Morgan fingerprint density at radius 1 is 0.462 bits per heavy atom. The molecule has 0 saturated heterocycles. The van der Waals surface area contributed by atoms with Gasteiger partial charge in [0.05, 0.1) is 6.61 Å². The zero-order chi connectivity index (χ0) is 28.5. The lowest BCUT2D eigenvalue weighted by molar-refractivity contribution is -0.272. The molecule has 0 aromatic heterocycles. The van der Waals surface area contributed by atoms with E-state index in [1.807, 2.05) is 0 Å². The van der Waals surface area contributed by atoms with Crippen LogP contribution in [0.5, 0.6) is 0 Å². The van der Waals surface area contributed by atoms with Gasteiger partial charge in [0.1, 0.15) is 0 Å². The van der Waals surface area contributed by atoms with Crippen molar-refractivity contribution in [1.29, 1.82) is 0 Å². The molecule has 234 valence electrons. The highest BCUT2D eigenvalue weighted by Crippen LogP contribution is 2.15. The first kappa shape index (κ1) is 38.4. The maximum atomic E-state index is 11.8. The van der Waals surface area contributed by atoms with Crippen molar-refractivity contribution in [2.24, 2.45) is 5.92 Å². The molecule has 0 saturated carbocycles. The number of carbonyl (C=O) groups is 1. The Morgan fingerprint density at radius 2 is 0.795 bits per heavy atom. The summed E-state index contributed by atoms with van der Waals surface area (Å²) in [5, 5.41) is 0. The average molecular weight is 553 g/mol. The second-order valence-electron chi connectivity index (χ2n) is 12.8. The first-order valence-corrected chi connectivity index (χ1v) is 18.0. The summed E-state index contributed by atoms with van der Waals surface area (Å²) in [7, 11) is 0. The monoisotopic (exact) mass is 553 g/mol. The van der Waals surface area contributed by atoms with Gasteiger partial charge in [0, 0.05) is 6.42 Å². The molecule has 0 atom stereocenters. The topological polar surface area (TPSA) is 35.5 Å². The molecule has 0 aromatic carbocycles. The van der Waals surface area contributed by atoms with Crippen LogP contribution < -0.4 is 0 Å². The molecule has 0 rings (SSSR count). The zero-order valence-corrected chi connectivity index (χ0v) is 27.2. The summed E-state index contributed by atoms with van der Waals surface area (Å²) in [5.41, 5.74) is 0. The van der Waals surface area contributed by atoms with E-state index in [-0.39, 0.29) is 5.97 Å². The van der Waals surface area contributed by atoms with E-state index in [0.717, 1.165) is 25.2 Å². The Bertz CT molecular complexity index is 462. The third kappa shape index (κ3) is 35.4. The minimum absolute atomic E-state index is 0.194. The summed E-state index contributed by atoms with van der Waals surface area (Å²) in [6.45, 7) is 7.48. The van der Waals surface area contributed by atoms with Crippen molar-refractivity contribution in [1.82, 2.24) is 0 Å². The smallest absolute Gasteiger partial charge is 0.298 e. The number of hydrogen-bond donors (Lipinski definition) is 0. The first-order valence-electron chi connectivity index (χ1n) is 18.0. The van der Waals surface area contributed by atoms with E-state index in [2.05, 4.69) is 20.8 Å². The van der Waals surface area contributed by atoms with Gasteiger partial charge in [0.2, 0.25) is 0 Å². The molecule has 0 N–H and O–H groups in total. The molecule has 0 aliphatic rings. The van der Waals surface area contributed by atoms with Gasteiger partial charge < -0.3 is 0 Å². The number of rotatable bonds is 33. The highest BCUT2D eigenvalue weighted by atomic mass is 17.2. The van der Waals surface area contributed by atoms with E-state index in [4.69, 9.17) is 9.78 Å². The average Bonchev–Trinajstić information content (AvgIpc) is 2.92. The minimum Gasteiger partial charge on any atom is -0.298 e. The molecule has 3 heteroatoms. The maximum Gasteiger partial charge on any atom is 0.342 e. The van der Waals surface area contributed by atoms with Crippen LogP contribution in [0.4, 0.5) is 0 Å². The van der Waals surface area contributed by atoms with Crippen molar-refractivity contribution in [3.63, 3.8) is 0 Å². The lowest BCUT2D eigenvalue weighted by atomic mass is 10.0. The zero-order valence-electron chi connectivity index (χ0n) is 27.2. The standard InChI is InChI=1S/C36H72O3/c1-4-5-6-7-8-9-10-11-12-15-18-21-24-27-30-33-36(37)39-38-34-31-28-25-22-19-16-13-14-17-20-23-26-29-32-35(2)3/h35H,4-34H2,1-3H3. The molecule has 0 amide bonds. The second-order valence-corrected chi connectivity index (χ2v) is 12.8. The molecule has 0 aliphatic carbocycles. The van der Waals surface area contributed by atoms with Crippen molar-refractivity contribution >= 4 is 5.97 Å². The van der Waals surface area contributed by atoms with Gasteiger partial charge in [-0.05, 0) is 18.8 Å². The lowest BCUT2D eigenvalue weighted by Gasteiger charge is -2.05. The SMILES string of the molecule is CCCCCCCCCCCCCCCCCC(=O)OOCCCCCCCCCCCCCCCC(C)C. The summed E-state index contributed by atoms with van der Waals surface area (Å²) >= 11 is 0. The van der Waals surface area contributed by atoms with Crippen molar-refractivity contribution in [2.45, 2.75) is 213 Å². The van der Waals surface area contributed by atoms with E-state index in [1.165, 1.54) is 167 Å². The van der Waals surface area contributed by atoms with Gasteiger partial charge in [-0.1, -0.05) is 194 Å². The molecule has 0 bridgehead atoms. The predicted octanol–water partition coefficient (Wildman–Crippen LogP) is 12.8. The summed E-state index contributed by atoms with van der Waals surface area (Å²) in [4.78, 5) is 21.9. The Labute approximate surface area is 246 Å². The van der Waals surface area contributed by atoms with Gasteiger partial charge >= 0.3 is 5.97 Å². The Balaban J connectivity index is 3.15. The maximum absolute atomic E-state index is 11.8. The van der Waals surface area contributed by atoms with Gasteiger partial charge in [-0.3, -0.25) is 4.89 Å². The van der Waals surface area contributed by atoms with Crippen LogP contribution in [0, 0.1) is 5.92 Å². The van der Waals surface area contributed by atoms with Crippen LogP contribution in [-0.2, 0) is 14.6 Å². The number of carbonyl (C=O) groups excluding carboxylic acids is 1. The highest BCUT2D eigenvalue weighted by Gasteiger charge is 2.04. The normalized spacial score (nSPS) is 11.5. The third-order valence-corrected chi connectivity index (χ3v) is 8.15. The first-order chi connectivity index (χ1) is 19.2. The third-order valence-electron chi connectivity index (χ3n) is 8.15. The predicted molar refractivity (Wildman–Crippen MR) is 171 cm³/mol. The Kier molecular flexibility index (Phi) is 33.1. The molecule has 0 heterocycles. The van der Waals surface area contributed by atoms with Crippen molar-refractivity contribution < 1.29 is 14.6 Å².